The van der Waals surface area contributed by atoms with E-state index in [2.05, 4.69) is 4.98 Å². The van der Waals surface area contributed by atoms with Crippen molar-refractivity contribution >= 4 is 29.2 Å². The molecular weight excluding hydrogens is 470 g/mol. The average Bonchev–Trinajstić information content (AvgIpc) is 2.72. The van der Waals surface area contributed by atoms with Gasteiger partial charge in [-0.3, -0.25) is 4.79 Å². The average molecular weight is 486 g/mol. The monoisotopic (exact) mass is 485 g/mol. The van der Waals surface area contributed by atoms with Gasteiger partial charge in [0.25, 0.3) is 0 Å². The number of nitrogens with one attached hydrogen (secondary N) is 1. The zero-order valence-electron chi connectivity index (χ0n) is 16.4. The lowest BCUT2D eigenvalue weighted by Crippen LogP contribution is -2.46. The van der Waals surface area contributed by atoms with Gasteiger partial charge in [-0.2, -0.15) is 13.2 Å². The van der Waals surface area contributed by atoms with E-state index in [0.717, 1.165) is 18.3 Å². The maximum atomic E-state index is 14.0. The number of carboxylic acids is 1. The summed E-state index contributed by atoms with van der Waals surface area (Å²) in [7, 11) is 0. The fraction of sp³-hybridized carbons (Fsp3) is 0.182. The van der Waals surface area contributed by atoms with Gasteiger partial charge in [0.15, 0.2) is 5.60 Å². The molecule has 32 heavy (non-hydrogen) atoms. The quantitative estimate of drug-likeness (QED) is 0.438. The Labute approximate surface area is 190 Å². The molecule has 0 spiro atoms. The predicted molar refractivity (Wildman–Crippen MR) is 114 cm³/mol. The number of carbonyl (C=O) groups is 1. The summed E-state index contributed by atoms with van der Waals surface area (Å²) >= 11 is 12.3. The number of aliphatic hydroxyl groups is 1. The van der Waals surface area contributed by atoms with E-state index in [9.17, 15) is 27.9 Å². The number of carboxylic acid groups (broad SMARTS) is 1. The van der Waals surface area contributed by atoms with Crippen LogP contribution in [0.15, 0.2) is 59.5 Å². The number of rotatable bonds is 5. The molecule has 0 fully saturated rings. The standard InChI is InChI=1S/C22H16Cl2F3NO4/c1-11(21(32,22(25,26)27)14-4-7-19(29)28-10-14)15-5-2-12(8-17(15)23)13-3-6-16(20(30)31)18(24)9-13/h2-11,32H,1H3,(H,28,29)(H,30,31)/t11-,21-/m0/s1. The molecule has 0 saturated carbocycles. The molecule has 0 saturated heterocycles. The summed E-state index contributed by atoms with van der Waals surface area (Å²) in [6.07, 6.45) is -4.26. The Morgan fingerprint density at radius 2 is 1.59 bits per heavy atom. The maximum absolute atomic E-state index is 14.0. The summed E-state index contributed by atoms with van der Waals surface area (Å²) in [4.78, 5) is 24.5. The van der Waals surface area contributed by atoms with Crippen LogP contribution in [-0.2, 0) is 5.60 Å². The van der Waals surface area contributed by atoms with Crippen molar-refractivity contribution in [3.63, 3.8) is 0 Å². The van der Waals surface area contributed by atoms with Gasteiger partial charge in [0.1, 0.15) is 0 Å². The van der Waals surface area contributed by atoms with Gasteiger partial charge in [0.05, 0.1) is 10.6 Å². The van der Waals surface area contributed by atoms with Crippen molar-refractivity contribution in [1.82, 2.24) is 4.98 Å². The summed E-state index contributed by atoms with van der Waals surface area (Å²) in [6, 6.07) is 10.3. The van der Waals surface area contributed by atoms with Crippen molar-refractivity contribution in [2.24, 2.45) is 0 Å². The number of alkyl halides is 3. The number of hydrogen-bond acceptors (Lipinski definition) is 3. The number of aromatic nitrogens is 1. The molecule has 1 aromatic heterocycles. The topological polar surface area (TPSA) is 90.4 Å². The molecule has 2 aromatic carbocycles. The Morgan fingerprint density at radius 1 is 1.00 bits per heavy atom. The number of aromatic carboxylic acids is 1. The van der Waals surface area contributed by atoms with E-state index in [1.807, 2.05) is 0 Å². The van der Waals surface area contributed by atoms with Gasteiger partial charge in [0, 0.05) is 28.8 Å². The Hall–Kier alpha value is -2.81. The van der Waals surface area contributed by atoms with Crippen molar-refractivity contribution in [3.05, 3.63) is 91.8 Å². The molecule has 0 amide bonds. The summed E-state index contributed by atoms with van der Waals surface area (Å²) < 4.78 is 42.0. The Balaban J connectivity index is 2.05. The van der Waals surface area contributed by atoms with E-state index in [-0.39, 0.29) is 21.2 Å². The highest BCUT2D eigenvalue weighted by atomic mass is 35.5. The number of H-pyrrole nitrogens is 1. The van der Waals surface area contributed by atoms with Crippen molar-refractivity contribution in [2.75, 3.05) is 0 Å². The molecule has 3 rings (SSSR count). The van der Waals surface area contributed by atoms with E-state index in [4.69, 9.17) is 28.3 Å². The number of benzene rings is 2. The van der Waals surface area contributed by atoms with Crippen LogP contribution in [0.5, 0.6) is 0 Å². The third kappa shape index (κ3) is 4.26. The highest BCUT2D eigenvalue weighted by molar-refractivity contribution is 6.34. The van der Waals surface area contributed by atoms with Crippen LogP contribution in [0, 0.1) is 0 Å². The first kappa shape index (κ1) is 23.8. The van der Waals surface area contributed by atoms with E-state index in [0.29, 0.717) is 11.1 Å². The Morgan fingerprint density at radius 3 is 2.06 bits per heavy atom. The molecular formula is C22H16Cl2F3NO4. The van der Waals surface area contributed by atoms with Crippen LogP contribution in [0.2, 0.25) is 10.0 Å². The van der Waals surface area contributed by atoms with Crippen molar-refractivity contribution in [2.45, 2.75) is 24.6 Å². The highest BCUT2D eigenvalue weighted by Crippen LogP contribution is 2.49. The molecule has 0 aliphatic carbocycles. The van der Waals surface area contributed by atoms with Crippen molar-refractivity contribution < 1.29 is 28.2 Å². The Bertz CT molecular complexity index is 1220. The third-order valence-corrected chi connectivity index (χ3v) is 5.92. The second kappa shape index (κ2) is 8.61. The van der Waals surface area contributed by atoms with Gasteiger partial charge < -0.3 is 15.2 Å². The van der Waals surface area contributed by atoms with Crippen LogP contribution in [0.25, 0.3) is 11.1 Å². The SMILES string of the molecule is C[C@@H](c1ccc(-c2ccc(C(=O)O)c(Cl)c2)cc1Cl)[C@](O)(c1ccc(=O)[nH]c1)C(F)(F)F. The molecule has 3 aromatic rings. The largest absolute Gasteiger partial charge is 0.478 e. The van der Waals surface area contributed by atoms with Gasteiger partial charge >= 0.3 is 12.1 Å². The van der Waals surface area contributed by atoms with Crippen LogP contribution in [0.4, 0.5) is 13.2 Å². The van der Waals surface area contributed by atoms with Crippen LogP contribution < -0.4 is 5.56 Å². The summed E-state index contributed by atoms with van der Waals surface area (Å²) in [5.41, 5.74) is -3.54. The molecule has 10 heteroatoms. The van der Waals surface area contributed by atoms with Crippen LogP contribution in [0.1, 0.15) is 34.3 Å². The first-order valence-corrected chi connectivity index (χ1v) is 9.93. The smallest absolute Gasteiger partial charge is 0.422 e. The number of hydrogen-bond donors (Lipinski definition) is 3. The summed E-state index contributed by atoms with van der Waals surface area (Å²) in [5, 5.41) is 19.8. The molecule has 2 atom stereocenters. The van der Waals surface area contributed by atoms with E-state index < -0.39 is 34.8 Å². The van der Waals surface area contributed by atoms with Crippen molar-refractivity contribution in [3.8, 4) is 11.1 Å². The minimum atomic E-state index is -5.08. The van der Waals surface area contributed by atoms with Gasteiger partial charge in [-0.25, -0.2) is 4.79 Å². The lowest BCUT2D eigenvalue weighted by molar-refractivity contribution is -0.274. The minimum absolute atomic E-state index is 0.00640. The van der Waals surface area contributed by atoms with Gasteiger partial charge in [-0.05, 0) is 41.0 Å². The summed E-state index contributed by atoms with van der Waals surface area (Å²) in [6.45, 7) is 1.18. The fourth-order valence-corrected chi connectivity index (χ4v) is 4.06. The number of pyridine rings is 1. The molecule has 0 aliphatic rings. The molecule has 5 nitrogen and oxygen atoms in total. The normalized spacial score (nSPS) is 14.6. The fourth-order valence-electron chi connectivity index (χ4n) is 3.46. The van der Waals surface area contributed by atoms with E-state index in [1.54, 1.807) is 0 Å². The molecule has 3 N–H and O–H groups in total. The second-order valence-corrected chi connectivity index (χ2v) is 7.98. The first-order chi connectivity index (χ1) is 14.9. The zero-order valence-corrected chi connectivity index (χ0v) is 17.9. The predicted octanol–water partition coefficient (Wildman–Crippen LogP) is 5.60. The highest BCUT2D eigenvalue weighted by Gasteiger charge is 2.59. The van der Waals surface area contributed by atoms with Gasteiger partial charge in [0.2, 0.25) is 5.56 Å². The molecule has 0 aliphatic heterocycles. The second-order valence-electron chi connectivity index (χ2n) is 7.16. The Kier molecular flexibility index (Phi) is 6.42. The van der Waals surface area contributed by atoms with Crippen LogP contribution >= 0.6 is 23.2 Å². The first-order valence-electron chi connectivity index (χ1n) is 9.17. The third-order valence-electron chi connectivity index (χ3n) is 5.28. The maximum Gasteiger partial charge on any atom is 0.422 e. The lowest BCUT2D eigenvalue weighted by atomic mass is 9.78. The van der Waals surface area contributed by atoms with Crippen LogP contribution in [-0.4, -0.2) is 27.3 Å². The van der Waals surface area contributed by atoms with Gasteiger partial charge in [-0.15, -0.1) is 0 Å². The molecule has 1 heterocycles. The molecule has 0 radical (unpaired) electrons. The zero-order chi connectivity index (χ0) is 23.8. The van der Waals surface area contributed by atoms with Crippen molar-refractivity contribution in [1.29, 1.82) is 0 Å². The number of halogens is 5. The number of aromatic amines is 1. The lowest BCUT2D eigenvalue weighted by Gasteiger charge is -2.36. The molecule has 0 bridgehead atoms. The molecule has 0 unspecified atom stereocenters. The van der Waals surface area contributed by atoms with E-state index >= 15 is 0 Å². The van der Waals surface area contributed by atoms with Crippen LogP contribution in [0.3, 0.4) is 0 Å². The van der Waals surface area contributed by atoms with Gasteiger partial charge in [-0.1, -0.05) is 48.3 Å². The minimum Gasteiger partial charge on any atom is -0.478 e. The summed E-state index contributed by atoms with van der Waals surface area (Å²) in [5.74, 6) is -2.73. The molecule has 168 valence electrons. The van der Waals surface area contributed by atoms with E-state index in [1.165, 1.54) is 43.3 Å².